The van der Waals surface area contributed by atoms with Crippen LogP contribution in [0.4, 0.5) is 0 Å². The van der Waals surface area contributed by atoms with E-state index in [-0.39, 0.29) is 5.75 Å². The molecule has 0 atom stereocenters. The fourth-order valence-corrected chi connectivity index (χ4v) is 2.30. The van der Waals surface area contributed by atoms with Crippen molar-refractivity contribution in [2.45, 2.75) is 0 Å². The third kappa shape index (κ3) is 2.63. The molecular weight excluding hydrogens is 280 g/mol. The Kier molecular flexibility index (Phi) is 3.74. The average Bonchev–Trinajstić information content (AvgIpc) is 3.01. The number of benzene rings is 2. The summed E-state index contributed by atoms with van der Waals surface area (Å²) < 4.78 is 15.9. The molecule has 22 heavy (non-hydrogen) atoms. The lowest BCUT2D eigenvalue weighted by molar-refractivity contribution is 0.410. The van der Waals surface area contributed by atoms with Gasteiger partial charge in [0.15, 0.2) is 11.3 Å². The van der Waals surface area contributed by atoms with E-state index >= 15 is 0 Å². The van der Waals surface area contributed by atoms with Gasteiger partial charge in [0.25, 0.3) is 0 Å². The minimum absolute atomic E-state index is 0.202. The van der Waals surface area contributed by atoms with Gasteiger partial charge in [0.05, 0.1) is 20.5 Å². The van der Waals surface area contributed by atoms with Crippen LogP contribution >= 0.6 is 0 Å². The van der Waals surface area contributed by atoms with Gasteiger partial charge in [-0.05, 0) is 42.0 Å². The second kappa shape index (κ2) is 5.85. The standard InChI is InChI=1S/C18H16O4/c1-20-15-5-6-16(19)13(11-15)4-3-12-9-14-7-8-22-18(14)17(10-12)21-2/h3-11,19H,1-2H3/b4-3+. The van der Waals surface area contributed by atoms with E-state index in [9.17, 15) is 5.11 Å². The second-order valence-corrected chi connectivity index (χ2v) is 4.82. The highest BCUT2D eigenvalue weighted by molar-refractivity contribution is 5.87. The number of rotatable bonds is 4. The number of ether oxygens (including phenoxy) is 2. The van der Waals surface area contributed by atoms with Crippen molar-refractivity contribution >= 4 is 23.1 Å². The van der Waals surface area contributed by atoms with Crippen LogP contribution in [0.3, 0.4) is 0 Å². The fourth-order valence-electron chi connectivity index (χ4n) is 2.30. The van der Waals surface area contributed by atoms with Gasteiger partial charge >= 0.3 is 0 Å². The average molecular weight is 296 g/mol. The summed E-state index contributed by atoms with van der Waals surface area (Å²) in [5.41, 5.74) is 2.36. The number of furan rings is 1. The van der Waals surface area contributed by atoms with Gasteiger partial charge in [-0.2, -0.15) is 0 Å². The van der Waals surface area contributed by atoms with E-state index in [1.807, 2.05) is 30.4 Å². The maximum Gasteiger partial charge on any atom is 0.175 e. The minimum Gasteiger partial charge on any atom is -0.507 e. The fraction of sp³-hybridized carbons (Fsp3) is 0.111. The van der Waals surface area contributed by atoms with Crippen LogP contribution in [0.5, 0.6) is 17.2 Å². The zero-order valence-corrected chi connectivity index (χ0v) is 12.4. The summed E-state index contributed by atoms with van der Waals surface area (Å²) >= 11 is 0. The Bertz CT molecular complexity index is 830. The van der Waals surface area contributed by atoms with E-state index < -0.39 is 0 Å². The SMILES string of the molecule is COc1ccc(O)c(/C=C/c2cc(OC)c3occc3c2)c1. The van der Waals surface area contributed by atoms with Crippen molar-refractivity contribution in [1.82, 2.24) is 0 Å². The highest BCUT2D eigenvalue weighted by atomic mass is 16.5. The van der Waals surface area contributed by atoms with E-state index in [1.54, 1.807) is 38.7 Å². The monoisotopic (exact) mass is 296 g/mol. The van der Waals surface area contributed by atoms with Gasteiger partial charge in [0.1, 0.15) is 11.5 Å². The summed E-state index contributed by atoms with van der Waals surface area (Å²) in [4.78, 5) is 0. The Morgan fingerprint density at radius 1 is 1.00 bits per heavy atom. The lowest BCUT2D eigenvalue weighted by Gasteiger charge is -2.04. The quantitative estimate of drug-likeness (QED) is 0.728. The van der Waals surface area contributed by atoms with Crippen molar-refractivity contribution in [2.24, 2.45) is 0 Å². The molecule has 4 nitrogen and oxygen atoms in total. The molecule has 0 radical (unpaired) electrons. The van der Waals surface area contributed by atoms with Gasteiger partial charge < -0.3 is 19.0 Å². The molecule has 1 aromatic heterocycles. The van der Waals surface area contributed by atoms with Crippen molar-refractivity contribution in [3.05, 3.63) is 53.8 Å². The lowest BCUT2D eigenvalue weighted by Crippen LogP contribution is -1.85. The van der Waals surface area contributed by atoms with Crippen LogP contribution in [-0.2, 0) is 0 Å². The maximum absolute atomic E-state index is 9.90. The Balaban J connectivity index is 1.98. The van der Waals surface area contributed by atoms with Crippen molar-refractivity contribution in [2.75, 3.05) is 14.2 Å². The molecule has 0 aliphatic carbocycles. The van der Waals surface area contributed by atoms with Crippen LogP contribution in [0.1, 0.15) is 11.1 Å². The molecule has 0 spiro atoms. The number of phenols is 1. The Morgan fingerprint density at radius 2 is 1.86 bits per heavy atom. The summed E-state index contributed by atoms with van der Waals surface area (Å²) in [5.74, 6) is 1.57. The molecule has 0 unspecified atom stereocenters. The van der Waals surface area contributed by atoms with Crippen LogP contribution < -0.4 is 9.47 Å². The van der Waals surface area contributed by atoms with Crippen LogP contribution in [0.2, 0.25) is 0 Å². The first kappa shape index (κ1) is 14.1. The van der Waals surface area contributed by atoms with Gasteiger partial charge in [-0.15, -0.1) is 0 Å². The van der Waals surface area contributed by atoms with E-state index in [0.29, 0.717) is 17.1 Å². The molecule has 0 amide bonds. The van der Waals surface area contributed by atoms with E-state index in [0.717, 1.165) is 16.5 Å². The van der Waals surface area contributed by atoms with Gasteiger partial charge in [-0.3, -0.25) is 0 Å². The Labute approximate surface area is 128 Å². The molecular formula is C18H16O4. The van der Waals surface area contributed by atoms with Crippen LogP contribution in [0, 0.1) is 0 Å². The number of hydrogen-bond acceptors (Lipinski definition) is 4. The molecule has 0 bridgehead atoms. The summed E-state index contributed by atoms with van der Waals surface area (Å²) in [7, 11) is 3.20. The number of hydrogen-bond donors (Lipinski definition) is 1. The van der Waals surface area contributed by atoms with E-state index in [2.05, 4.69) is 0 Å². The zero-order chi connectivity index (χ0) is 15.5. The molecule has 0 saturated carbocycles. The van der Waals surface area contributed by atoms with Crippen LogP contribution in [0.15, 0.2) is 47.1 Å². The highest BCUT2D eigenvalue weighted by Gasteiger charge is 2.06. The zero-order valence-electron chi connectivity index (χ0n) is 12.4. The molecule has 0 saturated heterocycles. The second-order valence-electron chi connectivity index (χ2n) is 4.82. The molecule has 3 aromatic rings. The maximum atomic E-state index is 9.90. The van der Waals surface area contributed by atoms with Crippen LogP contribution in [-0.4, -0.2) is 19.3 Å². The first-order valence-corrected chi connectivity index (χ1v) is 6.81. The Morgan fingerprint density at radius 3 is 2.64 bits per heavy atom. The van der Waals surface area contributed by atoms with Gasteiger partial charge in [0.2, 0.25) is 0 Å². The summed E-state index contributed by atoms with van der Waals surface area (Å²) in [6.45, 7) is 0. The molecule has 4 heteroatoms. The highest BCUT2D eigenvalue weighted by Crippen LogP contribution is 2.30. The molecule has 0 aliphatic heterocycles. The summed E-state index contributed by atoms with van der Waals surface area (Å²) in [6.07, 6.45) is 5.37. The topological polar surface area (TPSA) is 51.8 Å². The first-order valence-electron chi connectivity index (χ1n) is 6.81. The van der Waals surface area contributed by atoms with Crippen molar-refractivity contribution < 1.29 is 19.0 Å². The molecule has 1 N–H and O–H groups in total. The number of aromatic hydroxyl groups is 1. The first-order chi connectivity index (χ1) is 10.7. The van der Waals surface area contributed by atoms with Crippen LogP contribution in [0.25, 0.3) is 23.1 Å². The lowest BCUT2D eigenvalue weighted by atomic mass is 10.1. The predicted molar refractivity (Wildman–Crippen MR) is 86.4 cm³/mol. The molecule has 0 fully saturated rings. The van der Waals surface area contributed by atoms with Crippen molar-refractivity contribution in [1.29, 1.82) is 0 Å². The predicted octanol–water partition coefficient (Wildman–Crippen LogP) is 4.33. The van der Waals surface area contributed by atoms with Gasteiger partial charge in [0, 0.05) is 10.9 Å². The summed E-state index contributed by atoms with van der Waals surface area (Å²) in [6, 6.07) is 10.9. The number of phenolic OH excluding ortho intramolecular Hbond substituents is 1. The molecule has 0 aliphatic rings. The van der Waals surface area contributed by atoms with Crippen molar-refractivity contribution in [3.8, 4) is 17.2 Å². The van der Waals surface area contributed by atoms with E-state index in [1.165, 1.54) is 0 Å². The van der Waals surface area contributed by atoms with E-state index in [4.69, 9.17) is 13.9 Å². The third-order valence-corrected chi connectivity index (χ3v) is 3.45. The smallest absolute Gasteiger partial charge is 0.175 e. The van der Waals surface area contributed by atoms with Gasteiger partial charge in [-0.25, -0.2) is 0 Å². The minimum atomic E-state index is 0.202. The van der Waals surface area contributed by atoms with Crippen molar-refractivity contribution in [3.63, 3.8) is 0 Å². The number of methoxy groups -OCH3 is 2. The Hall–Kier alpha value is -2.88. The third-order valence-electron chi connectivity index (χ3n) is 3.45. The molecule has 1 heterocycles. The molecule has 3 rings (SSSR count). The normalized spacial score (nSPS) is 11.2. The molecule has 112 valence electrons. The summed E-state index contributed by atoms with van der Waals surface area (Å²) in [5, 5.41) is 10.9. The number of fused-ring (bicyclic) bond motifs is 1. The van der Waals surface area contributed by atoms with Gasteiger partial charge in [-0.1, -0.05) is 12.2 Å². The largest absolute Gasteiger partial charge is 0.507 e. The molecule has 2 aromatic carbocycles.